The van der Waals surface area contributed by atoms with Gasteiger partial charge in [0, 0.05) is 12.5 Å². The highest BCUT2D eigenvalue weighted by Crippen LogP contribution is 2.28. The lowest BCUT2D eigenvalue weighted by Gasteiger charge is -2.23. The Morgan fingerprint density at radius 1 is 1.40 bits per heavy atom. The van der Waals surface area contributed by atoms with Gasteiger partial charge in [-0.25, -0.2) is 0 Å². The maximum atomic E-state index is 11.0. The number of aryl methyl sites for hydroxylation is 1. The van der Waals surface area contributed by atoms with Gasteiger partial charge in [0.1, 0.15) is 0 Å². The molecule has 1 aromatic carbocycles. The zero-order valence-corrected chi connectivity index (χ0v) is 11.5. The Labute approximate surface area is 117 Å². The molecule has 1 aromatic rings. The lowest BCUT2D eigenvalue weighted by Crippen LogP contribution is -2.26. The number of benzene rings is 1. The minimum absolute atomic E-state index is 0.00910. The van der Waals surface area contributed by atoms with Gasteiger partial charge in [0.05, 0.1) is 24.7 Å². The molecule has 0 amide bonds. The van der Waals surface area contributed by atoms with Gasteiger partial charge in [0.25, 0.3) is 0 Å². The lowest BCUT2D eigenvalue weighted by molar-refractivity contribution is -0.386. The molecule has 1 saturated heterocycles. The van der Waals surface area contributed by atoms with Crippen LogP contribution in [0.1, 0.15) is 25.3 Å². The van der Waals surface area contributed by atoms with Crippen LogP contribution in [0, 0.1) is 10.1 Å². The predicted octanol–water partition coefficient (Wildman–Crippen LogP) is 2.69. The molecule has 1 heterocycles. The zero-order chi connectivity index (χ0) is 14.4. The molecule has 1 aliphatic heterocycles. The lowest BCUT2D eigenvalue weighted by atomic mass is 10.1. The maximum absolute atomic E-state index is 11.0. The van der Waals surface area contributed by atoms with Crippen LogP contribution >= 0.6 is 0 Å². The Morgan fingerprint density at radius 3 is 2.80 bits per heavy atom. The Kier molecular flexibility index (Phi) is 5.31. The number of nitrogens with zero attached hydrogens (tertiary/aromatic N) is 1. The van der Waals surface area contributed by atoms with Crippen molar-refractivity contribution in [1.82, 2.24) is 0 Å². The second kappa shape index (κ2) is 7.21. The third-order valence-corrected chi connectivity index (χ3v) is 3.14. The summed E-state index contributed by atoms with van der Waals surface area (Å²) in [7, 11) is 0. The van der Waals surface area contributed by atoms with Crippen LogP contribution < -0.4 is 4.74 Å². The summed E-state index contributed by atoms with van der Waals surface area (Å²) in [6.07, 6.45) is 1.96. The van der Waals surface area contributed by atoms with Gasteiger partial charge in [-0.1, -0.05) is 13.0 Å². The second-order valence-corrected chi connectivity index (χ2v) is 4.57. The average molecular weight is 281 g/mol. The molecule has 6 nitrogen and oxygen atoms in total. The van der Waals surface area contributed by atoms with Gasteiger partial charge in [-0.2, -0.15) is 0 Å². The van der Waals surface area contributed by atoms with E-state index in [0.717, 1.165) is 18.4 Å². The molecule has 0 spiro atoms. The van der Waals surface area contributed by atoms with Crippen molar-refractivity contribution in [3.05, 3.63) is 33.9 Å². The topological polar surface area (TPSA) is 70.8 Å². The summed E-state index contributed by atoms with van der Waals surface area (Å²) in [6, 6.07) is 5.05. The van der Waals surface area contributed by atoms with E-state index in [1.165, 1.54) is 0 Å². The summed E-state index contributed by atoms with van der Waals surface area (Å²) in [4.78, 5) is 10.6. The van der Waals surface area contributed by atoms with Gasteiger partial charge in [-0.05, 0) is 24.5 Å². The predicted molar refractivity (Wildman–Crippen MR) is 72.9 cm³/mol. The summed E-state index contributed by atoms with van der Waals surface area (Å²) in [6.45, 7) is 3.67. The van der Waals surface area contributed by atoms with Crippen molar-refractivity contribution in [3.8, 4) is 5.75 Å². The third-order valence-electron chi connectivity index (χ3n) is 3.14. The molecular formula is C14H19NO5. The molecule has 0 bridgehead atoms. The van der Waals surface area contributed by atoms with Crippen molar-refractivity contribution in [1.29, 1.82) is 0 Å². The first-order valence-electron chi connectivity index (χ1n) is 6.84. The van der Waals surface area contributed by atoms with Crippen molar-refractivity contribution in [2.75, 3.05) is 19.8 Å². The minimum Gasteiger partial charge on any atom is -0.487 e. The minimum atomic E-state index is -0.415. The highest BCUT2D eigenvalue weighted by molar-refractivity contribution is 5.48. The number of nitro benzene ring substituents is 1. The molecule has 20 heavy (non-hydrogen) atoms. The van der Waals surface area contributed by atoms with Crippen LogP contribution in [0.4, 0.5) is 5.69 Å². The third kappa shape index (κ3) is 3.91. The van der Waals surface area contributed by atoms with E-state index in [0.29, 0.717) is 32.0 Å². The van der Waals surface area contributed by atoms with Gasteiger partial charge < -0.3 is 14.2 Å². The molecule has 2 rings (SSSR count). The van der Waals surface area contributed by atoms with Crippen LogP contribution in [0.15, 0.2) is 18.2 Å². The quantitative estimate of drug-likeness (QED) is 0.592. The number of rotatable bonds is 6. The second-order valence-electron chi connectivity index (χ2n) is 4.57. The van der Waals surface area contributed by atoms with E-state index in [4.69, 9.17) is 14.2 Å². The van der Waals surface area contributed by atoms with E-state index in [1.54, 1.807) is 12.1 Å². The van der Waals surface area contributed by atoms with E-state index < -0.39 is 4.92 Å². The number of hydrogen-bond donors (Lipinski definition) is 0. The number of ether oxygens (including phenoxy) is 3. The summed E-state index contributed by atoms with van der Waals surface area (Å²) >= 11 is 0. The van der Waals surface area contributed by atoms with Crippen LogP contribution in [0.5, 0.6) is 5.75 Å². The van der Waals surface area contributed by atoms with Gasteiger partial charge in [-0.15, -0.1) is 0 Å². The molecule has 0 saturated carbocycles. The average Bonchev–Trinajstić information content (AvgIpc) is 2.48. The van der Waals surface area contributed by atoms with Crippen molar-refractivity contribution in [2.24, 2.45) is 0 Å². The van der Waals surface area contributed by atoms with Crippen molar-refractivity contribution in [3.63, 3.8) is 0 Å². The van der Waals surface area contributed by atoms with Gasteiger partial charge in [-0.3, -0.25) is 10.1 Å². The van der Waals surface area contributed by atoms with Gasteiger partial charge in [0.2, 0.25) is 0 Å². The molecule has 0 aliphatic carbocycles. The summed E-state index contributed by atoms with van der Waals surface area (Å²) in [5, 5.41) is 11.0. The summed E-state index contributed by atoms with van der Waals surface area (Å²) in [5.41, 5.74) is 0.929. The van der Waals surface area contributed by atoms with Crippen LogP contribution in [0.2, 0.25) is 0 Å². The van der Waals surface area contributed by atoms with Crippen LogP contribution in [0.25, 0.3) is 0 Å². The number of hydrogen-bond acceptors (Lipinski definition) is 5. The van der Waals surface area contributed by atoms with Crippen LogP contribution in [-0.2, 0) is 15.9 Å². The molecule has 1 aliphatic rings. The van der Waals surface area contributed by atoms with E-state index in [-0.39, 0.29) is 12.0 Å². The Balaban J connectivity index is 1.92. The molecule has 6 heteroatoms. The Morgan fingerprint density at radius 2 is 2.15 bits per heavy atom. The Bertz CT molecular complexity index is 457. The van der Waals surface area contributed by atoms with Gasteiger partial charge in [0.15, 0.2) is 12.0 Å². The fourth-order valence-corrected chi connectivity index (χ4v) is 2.02. The molecule has 0 aromatic heterocycles. The first kappa shape index (κ1) is 14.7. The van der Waals surface area contributed by atoms with E-state index in [2.05, 4.69) is 0 Å². The standard InChI is InChI=1S/C14H19NO5/c1-2-11-4-5-13(12(10-11)15(16)17)18-9-6-14-19-7-3-8-20-14/h4-5,10,14H,2-3,6-9H2,1H3. The van der Waals surface area contributed by atoms with Gasteiger partial charge >= 0.3 is 5.69 Å². The van der Waals surface area contributed by atoms with Crippen molar-refractivity contribution < 1.29 is 19.1 Å². The molecule has 0 N–H and O–H groups in total. The van der Waals surface area contributed by atoms with Crippen LogP contribution in [-0.4, -0.2) is 31.0 Å². The molecule has 0 radical (unpaired) electrons. The molecule has 1 fully saturated rings. The molecule has 110 valence electrons. The maximum Gasteiger partial charge on any atom is 0.311 e. The molecular weight excluding hydrogens is 262 g/mol. The van der Waals surface area contributed by atoms with E-state index in [1.807, 2.05) is 13.0 Å². The van der Waals surface area contributed by atoms with Crippen molar-refractivity contribution >= 4 is 5.69 Å². The molecule has 0 atom stereocenters. The number of nitro groups is 1. The van der Waals surface area contributed by atoms with Crippen LogP contribution in [0.3, 0.4) is 0 Å². The SMILES string of the molecule is CCc1ccc(OCCC2OCCCO2)c([N+](=O)[O-])c1. The smallest absolute Gasteiger partial charge is 0.311 e. The highest BCUT2D eigenvalue weighted by Gasteiger charge is 2.18. The van der Waals surface area contributed by atoms with Crippen molar-refractivity contribution in [2.45, 2.75) is 32.5 Å². The fraction of sp³-hybridized carbons (Fsp3) is 0.571. The normalized spacial score (nSPS) is 16.1. The fourth-order valence-electron chi connectivity index (χ4n) is 2.02. The Hall–Kier alpha value is -1.66. The first-order chi connectivity index (χ1) is 9.70. The monoisotopic (exact) mass is 281 g/mol. The summed E-state index contributed by atoms with van der Waals surface area (Å²) < 4.78 is 16.3. The first-order valence-corrected chi connectivity index (χ1v) is 6.84. The summed E-state index contributed by atoms with van der Waals surface area (Å²) in [5.74, 6) is 0.294. The van der Waals surface area contributed by atoms with E-state index >= 15 is 0 Å². The molecule has 0 unspecified atom stereocenters. The highest BCUT2D eigenvalue weighted by atomic mass is 16.7. The zero-order valence-electron chi connectivity index (χ0n) is 11.5. The van der Waals surface area contributed by atoms with E-state index in [9.17, 15) is 10.1 Å². The largest absolute Gasteiger partial charge is 0.487 e.